The van der Waals surface area contributed by atoms with Crippen LogP contribution in [0, 0.1) is 19.1 Å². The van der Waals surface area contributed by atoms with Crippen molar-refractivity contribution >= 4 is 32.3 Å². The Bertz CT molecular complexity index is 2380. The Morgan fingerprint density at radius 1 is 0.560 bits per heavy atom. The van der Waals surface area contributed by atoms with Gasteiger partial charge in [0.2, 0.25) is 0 Å². The maximum Gasteiger partial charge on any atom is 0.0167 e. The molecular weight excluding hydrogens is 785 g/mol. The summed E-state index contributed by atoms with van der Waals surface area (Å²) in [5.74, 6) is 0.905. The van der Waals surface area contributed by atoms with Crippen LogP contribution in [0.25, 0.3) is 66.0 Å². The Balaban J connectivity index is 0.000000187. The van der Waals surface area contributed by atoms with Crippen molar-refractivity contribution in [3.8, 4) is 33.6 Å². The second kappa shape index (κ2) is 15.3. The van der Waals surface area contributed by atoms with Gasteiger partial charge in [0.15, 0.2) is 0 Å². The molecule has 6 aromatic carbocycles. The van der Waals surface area contributed by atoms with Gasteiger partial charge in [0.05, 0.1) is 0 Å². The van der Waals surface area contributed by atoms with Crippen molar-refractivity contribution in [3.05, 3.63) is 169 Å². The zero-order valence-electron chi connectivity index (χ0n) is 29.2. The normalized spacial score (nSPS) is 11.1. The van der Waals surface area contributed by atoms with Crippen LogP contribution in [0.2, 0.25) is 0 Å². The molecule has 0 saturated heterocycles. The average molecular weight is 825 g/mol. The summed E-state index contributed by atoms with van der Waals surface area (Å²) in [4.78, 5) is 9.19. The maximum absolute atomic E-state index is 4.82. The number of pyridine rings is 2. The summed E-state index contributed by atoms with van der Waals surface area (Å²) in [5.41, 5.74) is 10.4. The third kappa shape index (κ3) is 7.17. The van der Waals surface area contributed by atoms with E-state index in [0.717, 1.165) is 22.5 Å². The van der Waals surface area contributed by atoms with Gasteiger partial charge in [0.25, 0.3) is 0 Å². The largest absolute Gasteiger partial charge is 0.305 e. The van der Waals surface area contributed by atoms with Crippen LogP contribution in [0.5, 0.6) is 0 Å². The van der Waals surface area contributed by atoms with Gasteiger partial charge in [0.1, 0.15) is 0 Å². The number of hydrogen-bond acceptors (Lipinski definition) is 2. The van der Waals surface area contributed by atoms with Crippen molar-refractivity contribution in [1.82, 2.24) is 9.97 Å². The van der Waals surface area contributed by atoms with Gasteiger partial charge in [-0.2, -0.15) is 0 Å². The van der Waals surface area contributed by atoms with Crippen molar-refractivity contribution in [2.75, 3.05) is 0 Å². The van der Waals surface area contributed by atoms with Gasteiger partial charge in [-0.05, 0) is 85.7 Å². The Morgan fingerprint density at radius 2 is 1.28 bits per heavy atom. The van der Waals surface area contributed by atoms with Gasteiger partial charge in [-0.25, -0.2) is 0 Å². The molecule has 0 bridgehead atoms. The molecule has 2 aromatic heterocycles. The molecule has 0 amide bonds. The molecule has 50 heavy (non-hydrogen) atoms. The molecule has 0 unspecified atom stereocenters. The second-order valence-corrected chi connectivity index (χ2v) is 13.3. The van der Waals surface area contributed by atoms with E-state index >= 15 is 0 Å². The predicted octanol–water partition coefficient (Wildman–Crippen LogP) is 12.8. The summed E-state index contributed by atoms with van der Waals surface area (Å²) in [7, 11) is 0. The minimum absolute atomic E-state index is 0. The SMILES string of the molecule is CC(C)c1[c-]c(-c2nccc3c2ccc2c4ccccc4ccc32)cc(C(C)C)c1.Cc1ccccc1-c1cc[c-]c(-c2ccccn2)c1.[Ir]. The number of aromatic nitrogens is 2. The summed E-state index contributed by atoms with van der Waals surface area (Å²) in [6, 6.07) is 51.7. The van der Waals surface area contributed by atoms with Crippen molar-refractivity contribution in [2.24, 2.45) is 0 Å². The van der Waals surface area contributed by atoms with Gasteiger partial charge in [-0.1, -0.05) is 113 Å². The van der Waals surface area contributed by atoms with Crippen molar-refractivity contribution in [1.29, 1.82) is 0 Å². The zero-order chi connectivity index (χ0) is 33.9. The van der Waals surface area contributed by atoms with Crippen LogP contribution in [-0.2, 0) is 20.1 Å². The van der Waals surface area contributed by atoms with Gasteiger partial charge < -0.3 is 9.97 Å². The molecule has 0 spiro atoms. The first-order valence-corrected chi connectivity index (χ1v) is 17.1. The van der Waals surface area contributed by atoms with Crippen LogP contribution in [0.1, 0.15) is 56.2 Å². The van der Waals surface area contributed by atoms with Gasteiger partial charge >= 0.3 is 0 Å². The van der Waals surface area contributed by atoms with Crippen molar-refractivity contribution < 1.29 is 20.1 Å². The van der Waals surface area contributed by atoms with Crippen molar-refractivity contribution in [3.63, 3.8) is 0 Å². The predicted molar refractivity (Wildman–Crippen MR) is 208 cm³/mol. The van der Waals surface area contributed by atoms with E-state index in [2.05, 4.69) is 155 Å². The molecule has 2 heterocycles. The zero-order valence-corrected chi connectivity index (χ0v) is 31.6. The minimum atomic E-state index is 0. The van der Waals surface area contributed by atoms with Gasteiger partial charge in [-0.15, -0.1) is 70.3 Å². The van der Waals surface area contributed by atoms with E-state index in [4.69, 9.17) is 4.98 Å². The average Bonchev–Trinajstić information content (AvgIpc) is 3.15. The molecule has 0 fully saturated rings. The molecule has 249 valence electrons. The Hall–Kier alpha value is -4.95. The van der Waals surface area contributed by atoms with E-state index < -0.39 is 0 Å². The maximum atomic E-state index is 4.82. The monoisotopic (exact) mass is 825 g/mol. The van der Waals surface area contributed by atoms with Crippen LogP contribution in [0.15, 0.2) is 140 Å². The molecule has 3 heteroatoms. The molecule has 0 saturated carbocycles. The molecule has 0 N–H and O–H groups in total. The van der Waals surface area contributed by atoms with Crippen LogP contribution < -0.4 is 0 Å². The smallest absolute Gasteiger partial charge is 0.0167 e. The van der Waals surface area contributed by atoms with Gasteiger partial charge in [-0.3, -0.25) is 0 Å². The first-order valence-electron chi connectivity index (χ1n) is 17.1. The number of hydrogen-bond donors (Lipinski definition) is 0. The number of fused-ring (bicyclic) bond motifs is 5. The van der Waals surface area contributed by atoms with Crippen LogP contribution in [0.3, 0.4) is 0 Å². The van der Waals surface area contributed by atoms with E-state index in [-0.39, 0.29) is 20.1 Å². The standard InChI is InChI=1S/C29H26N.C18H14N.Ir/c1-18(2)21-15-22(19(3)4)17-23(16-21)29-28-12-11-25-24-8-6-5-7-20(24)9-10-26(25)27(28)13-14-30-29;1-14-7-2-3-10-17(14)15-8-6-9-16(13-15)18-11-4-5-12-19-18;/h5-16,18-19H,1-4H3;2-8,10-13H,1H3;/q2*-1;. The third-order valence-electron chi connectivity index (χ3n) is 9.32. The van der Waals surface area contributed by atoms with E-state index in [0.29, 0.717) is 11.8 Å². The molecule has 8 rings (SSSR count). The van der Waals surface area contributed by atoms with E-state index in [1.54, 1.807) is 0 Å². The fraction of sp³-hybridized carbons (Fsp3) is 0.149. The number of benzene rings is 6. The molecule has 0 aliphatic rings. The molecular formula is C47H40IrN2-2. The Labute approximate surface area is 309 Å². The molecule has 1 radical (unpaired) electrons. The minimum Gasteiger partial charge on any atom is -0.305 e. The first-order chi connectivity index (χ1) is 23.9. The molecule has 0 aliphatic carbocycles. The molecule has 8 aromatic rings. The quantitative estimate of drug-likeness (QED) is 0.128. The number of nitrogens with zero attached hydrogens (tertiary/aromatic N) is 2. The number of aryl methyl sites for hydroxylation is 1. The van der Waals surface area contributed by atoms with E-state index in [1.165, 1.54) is 60.1 Å². The second-order valence-electron chi connectivity index (χ2n) is 13.3. The fourth-order valence-electron chi connectivity index (χ4n) is 6.56. The number of rotatable bonds is 5. The summed E-state index contributed by atoms with van der Waals surface area (Å²) in [5, 5.41) is 7.58. The summed E-state index contributed by atoms with van der Waals surface area (Å²) in [6.07, 6.45) is 3.75. The summed E-state index contributed by atoms with van der Waals surface area (Å²) < 4.78 is 0. The Kier molecular flexibility index (Phi) is 10.7. The van der Waals surface area contributed by atoms with Crippen LogP contribution in [0.4, 0.5) is 0 Å². The Morgan fingerprint density at radius 3 is 2.06 bits per heavy atom. The fourth-order valence-corrected chi connectivity index (χ4v) is 6.56. The van der Waals surface area contributed by atoms with E-state index in [1.807, 2.05) is 36.7 Å². The topological polar surface area (TPSA) is 25.8 Å². The summed E-state index contributed by atoms with van der Waals surface area (Å²) >= 11 is 0. The van der Waals surface area contributed by atoms with Crippen LogP contribution >= 0.6 is 0 Å². The molecule has 0 aliphatic heterocycles. The summed E-state index contributed by atoms with van der Waals surface area (Å²) in [6.45, 7) is 11.1. The van der Waals surface area contributed by atoms with Crippen LogP contribution in [-0.4, -0.2) is 9.97 Å². The van der Waals surface area contributed by atoms with E-state index in [9.17, 15) is 0 Å². The molecule has 0 atom stereocenters. The third-order valence-corrected chi connectivity index (χ3v) is 9.32. The van der Waals surface area contributed by atoms with Crippen molar-refractivity contribution in [2.45, 2.75) is 46.5 Å². The molecule has 2 nitrogen and oxygen atoms in total. The van der Waals surface area contributed by atoms with Gasteiger partial charge in [0, 0.05) is 32.5 Å². The first kappa shape index (κ1) is 34.9.